The second-order valence-electron chi connectivity index (χ2n) is 5.70. The number of rotatable bonds is 5. The summed E-state index contributed by atoms with van der Waals surface area (Å²) in [5.41, 5.74) is 4.72. The van der Waals surface area contributed by atoms with Gasteiger partial charge in [-0.15, -0.1) is 0 Å². The van der Waals surface area contributed by atoms with Gasteiger partial charge in [0.15, 0.2) is 0 Å². The summed E-state index contributed by atoms with van der Waals surface area (Å²) in [7, 11) is 0. The van der Waals surface area contributed by atoms with Crippen molar-refractivity contribution < 1.29 is 9.90 Å². The van der Waals surface area contributed by atoms with Crippen LogP contribution in [0.2, 0.25) is 0 Å². The third-order valence-corrected chi connectivity index (χ3v) is 4.68. The van der Waals surface area contributed by atoms with Gasteiger partial charge in [-0.25, -0.2) is 5.43 Å². The lowest BCUT2D eigenvalue weighted by Crippen LogP contribution is -2.17. The number of nitrogens with zero attached hydrogens (tertiary/aromatic N) is 1. The van der Waals surface area contributed by atoms with E-state index in [9.17, 15) is 9.90 Å². The van der Waals surface area contributed by atoms with Crippen LogP contribution in [-0.2, 0) is 0 Å². The molecule has 0 saturated carbocycles. The average Bonchev–Trinajstić information content (AvgIpc) is 2.65. The average molecular weight is 362 g/mol. The van der Waals surface area contributed by atoms with Gasteiger partial charge >= 0.3 is 0 Å². The molecule has 0 bridgehead atoms. The van der Waals surface area contributed by atoms with Gasteiger partial charge in [-0.1, -0.05) is 53.7 Å². The lowest BCUT2D eigenvalue weighted by molar-refractivity contribution is 0.0952. The minimum atomic E-state index is -0.453. The Kier molecular flexibility index (Phi) is 5.71. The summed E-state index contributed by atoms with van der Waals surface area (Å²) in [6, 6.07) is 22.6. The van der Waals surface area contributed by atoms with Crippen molar-refractivity contribution in [3.05, 3.63) is 89.5 Å². The van der Waals surface area contributed by atoms with E-state index in [2.05, 4.69) is 41.7 Å². The highest BCUT2D eigenvalue weighted by molar-refractivity contribution is 7.99. The highest BCUT2D eigenvalue weighted by atomic mass is 32.2. The van der Waals surface area contributed by atoms with Gasteiger partial charge < -0.3 is 5.11 Å². The van der Waals surface area contributed by atoms with Crippen LogP contribution in [0.5, 0.6) is 5.75 Å². The fraction of sp³-hybridized carbons (Fsp3) is 0.0476. The van der Waals surface area contributed by atoms with E-state index < -0.39 is 5.91 Å². The Hall–Kier alpha value is -3.05. The fourth-order valence-corrected chi connectivity index (χ4v) is 3.07. The van der Waals surface area contributed by atoms with Crippen LogP contribution in [0.4, 0.5) is 0 Å². The van der Waals surface area contributed by atoms with E-state index in [0.29, 0.717) is 0 Å². The maximum absolute atomic E-state index is 11.9. The summed E-state index contributed by atoms with van der Waals surface area (Å²) < 4.78 is 0. The van der Waals surface area contributed by atoms with Crippen molar-refractivity contribution >= 4 is 23.9 Å². The molecule has 3 aromatic rings. The van der Waals surface area contributed by atoms with Crippen molar-refractivity contribution in [1.82, 2.24) is 5.43 Å². The second kappa shape index (κ2) is 8.36. The van der Waals surface area contributed by atoms with Gasteiger partial charge in [0.25, 0.3) is 5.91 Å². The Morgan fingerprint density at radius 2 is 1.58 bits per heavy atom. The molecule has 0 radical (unpaired) electrons. The molecule has 0 aliphatic heterocycles. The van der Waals surface area contributed by atoms with Crippen molar-refractivity contribution in [2.75, 3.05) is 0 Å². The maximum Gasteiger partial charge on any atom is 0.275 e. The number of phenolic OH excluding ortho intramolecular Hbond substituents is 1. The summed E-state index contributed by atoms with van der Waals surface area (Å²) >= 11 is 1.69. The number of aryl methyl sites for hydroxylation is 1. The fourth-order valence-electron chi connectivity index (χ4n) is 2.26. The summed E-state index contributed by atoms with van der Waals surface area (Å²) in [4.78, 5) is 14.3. The van der Waals surface area contributed by atoms with Crippen molar-refractivity contribution in [3.63, 3.8) is 0 Å². The molecule has 0 spiro atoms. The molecule has 0 unspecified atom stereocenters. The van der Waals surface area contributed by atoms with Crippen molar-refractivity contribution in [2.45, 2.75) is 16.7 Å². The zero-order valence-corrected chi connectivity index (χ0v) is 15.0. The third-order valence-electron chi connectivity index (χ3n) is 3.67. The molecule has 0 aromatic heterocycles. The standard InChI is InChI=1S/C21H18N2O2S/c1-15-6-10-17(11-7-15)26-18-12-8-16(9-13-18)14-22-23-21(25)19-4-2-3-5-20(19)24/h2-14,24H,1H3,(H,23,25)/b22-14+. The first-order valence-corrected chi connectivity index (χ1v) is 8.89. The van der Waals surface area contributed by atoms with E-state index in [0.717, 1.165) is 10.5 Å². The van der Waals surface area contributed by atoms with Crippen LogP contribution in [-0.4, -0.2) is 17.2 Å². The summed E-state index contributed by atoms with van der Waals surface area (Å²) in [6.07, 6.45) is 1.57. The molecule has 0 saturated heterocycles. The Morgan fingerprint density at radius 1 is 0.962 bits per heavy atom. The molecular weight excluding hydrogens is 344 g/mol. The molecule has 0 aliphatic rings. The Bertz CT molecular complexity index is 920. The monoisotopic (exact) mass is 362 g/mol. The molecule has 0 aliphatic carbocycles. The zero-order chi connectivity index (χ0) is 18.4. The maximum atomic E-state index is 11.9. The summed E-state index contributed by atoms with van der Waals surface area (Å²) in [5.74, 6) is -0.524. The Labute approximate surface area is 156 Å². The van der Waals surface area contributed by atoms with E-state index in [4.69, 9.17) is 0 Å². The number of hydrogen-bond donors (Lipinski definition) is 2. The number of amides is 1. The van der Waals surface area contributed by atoms with Gasteiger partial charge in [0.05, 0.1) is 11.8 Å². The minimum Gasteiger partial charge on any atom is -0.507 e. The van der Waals surface area contributed by atoms with Crippen LogP contribution in [0.15, 0.2) is 87.7 Å². The summed E-state index contributed by atoms with van der Waals surface area (Å²) in [5, 5.41) is 13.6. The van der Waals surface area contributed by atoms with Crippen LogP contribution in [0, 0.1) is 6.92 Å². The van der Waals surface area contributed by atoms with Crippen LogP contribution in [0.1, 0.15) is 21.5 Å². The van der Waals surface area contributed by atoms with E-state index in [1.54, 1.807) is 30.1 Å². The minimum absolute atomic E-state index is 0.0716. The molecule has 26 heavy (non-hydrogen) atoms. The van der Waals surface area contributed by atoms with Gasteiger partial charge in [-0.3, -0.25) is 4.79 Å². The molecule has 0 atom stereocenters. The third kappa shape index (κ3) is 4.74. The molecule has 130 valence electrons. The molecule has 3 rings (SSSR count). The number of para-hydroxylation sites is 1. The quantitative estimate of drug-likeness (QED) is 0.514. The molecule has 2 N–H and O–H groups in total. The number of phenols is 1. The molecule has 1 amide bonds. The number of hydrogen-bond acceptors (Lipinski definition) is 4. The molecular formula is C21H18N2O2S. The number of nitrogens with one attached hydrogen (secondary N) is 1. The summed E-state index contributed by atoms with van der Waals surface area (Å²) in [6.45, 7) is 2.07. The first-order valence-electron chi connectivity index (χ1n) is 8.08. The van der Waals surface area contributed by atoms with Crippen LogP contribution >= 0.6 is 11.8 Å². The first-order chi connectivity index (χ1) is 12.6. The van der Waals surface area contributed by atoms with E-state index in [-0.39, 0.29) is 11.3 Å². The second-order valence-corrected chi connectivity index (χ2v) is 6.85. The number of aromatic hydroxyl groups is 1. The SMILES string of the molecule is Cc1ccc(Sc2ccc(/C=N/NC(=O)c3ccccc3O)cc2)cc1. The van der Waals surface area contributed by atoms with E-state index >= 15 is 0 Å². The number of hydrazone groups is 1. The lowest BCUT2D eigenvalue weighted by atomic mass is 10.2. The normalized spacial score (nSPS) is 10.8. The highest BCUT2D eigenvalue weighted by Gasteiger charge is 2.08. The van der Waals surface area contributed by atoms with Crippen LogP contribution in [0.3, 0.4) is 0 Å². The van der Waals surface area contributed by atoms with Crippen molar-refractivity contribution in [1.29, 1.82) is 0 Å². The smallest absolute Gasteiger partial charge is 0.275 e. The highest BCUT2D eigenvalue weighted by Crippen LogP contribution is 2.27. The number of benzene rings is 3. The van der Waals surface area contributed by atoms with Gasteiger partial charge in [0.1, 0.15) is 5.75 Å². The van der Waals surface area contributed by atoms with Gasteiger partial charge in [0, 0.05) is 9.79 Å². The molecule has 0 fully saturated rings. The largest absolute Gasteiger partial charge is 0.507 e. The first kappa shape index (κ1) is 17.8. The topological polar surface area (TPSA) is 61.7 Å². The van der Waals surface area contributed by atoms with Crippen LogP contribution in [0.25, 0.3) is 0 Å². The molecule has 3 aromatic carbocycles. The van der Waals surface area contributed by atoms with Crippen molar-refractivity contribution in [2.24, 2.45) is 5.10 Å². The lowest BCUT2D eigenvalue weighted by Gasteiger charge is -2.03. The predicted molar refractivity (Wildman–Crippen MR) is 105 cm³/mol. The predicted octanol–water partition coefficient (Wildman–Crippen LogP) is 4.62. The zero-order valence-electron chi connectivity index (χ0n) is 14.2. The molecule has 5 heteroatoms. The number of carbonyl (C=O) groups is 1. The van der Waals surface area contributed by atoms with E-state index in [1.807, 2.05) is 24.3 Å². The van der Waals surface area contributed by atoms with Crippen molar-refractivity contribution in [3.8, 4) is 5.75 Å². The van der Waals surface area contributed by atoms with Gasteiger partial charge in [-0.05, 0) is 48.9 Å². The Morgan fingerprint density at radius 3 is 2.23 bits per heavy atom. The molecule has 0 heterocycles. The van der Waals surface area contributed by atoms with E-state index in [1.165, 1.54) is 22.6 Å². The van der Waals surface area contributed by atoms with Gasteiger partial charge in [0.2, 0.25) is 0 Å². The Balaban J connectivity index is 1.58. The molecule has 4 nitrogen and oxygen atoms in total. The van der Waals surface area contributed by atoms with Crippen LogP contribution < -0.4 is 5.43 Å². The van der Waals surface area contributed by atoms with Gasteiger partial charge in [-0.2, -0.15) is 5.10 Å². The number of carbonyl (C=O) groups excluding carboxylic acids is 1.